The van der Waals surface area contributed by atoms with Gasteiger partial charge in [0.15, 0.2) is 0 Å². The molecule has 0 saturated carbocycles. The number of carbonyl (C=O) groups excluding carboxylic acids is 2. The molecule has 1 N–H and O–H groups in total. The molecular weight excluding hydrogens is 605 g/mol. The number of aryl methyl sites for hydroxylation is 1. The monoisotopic (exact) mass is 637 g/mol. The van der Waals surface area contributed by atoms with Crippen LogP contribution in [0.5, 0.6) is 0 Å². The van der Waals surface area contributed by atoms with Gasteiger partial charge in [0.1, 0.15) is 12.6 Å². The van der Waals surface area contributed by atoms with Gasteiger partial charge in [0, 0.05) is 17.1 Å². The van der Waals surface area contributed by atoms with Gasteiger partial charge in [-0.05, 0) is 93.8 Å². The summed E-state index contributed by atoms with van der Waals surface area (Å²) < 4.78 is 28.9. The third-order valence-corrected chi connectivity index (χ3v) is 8.97. The summed E-state index contributed by atoms with van der Waals surface area (Å²) in [6, 6.07) is 16.7. The minimum absolute atomic E-state index is 0.00837. The summed E-state index contributed by atoms with van der Waals surface area (Å²) in [4.78, 5) is 28.9. The molecule has 220 valence electrons. The van der Waals surface area contributed by atoms with Crippen LogP contribution >= 0.6 is 34.8 Å². The number of nitrogens with one attached hydrogen (secondary N) is 1. The maximum Gasteiger partial charge on any atom is 0.264 e. The van der Waals surface area contributed by atoms with Crippen LogP contribution in [0.2, 0.25) is 15.1 Å². The summed E-state index contributed by atoms with van der Waals surface area (Å²) in [7, 11) is -4.19. The van der Waals surface area contributed by atoms with E-state index in [9.17, 15) is 18.0 Å². The largest absolute Gasteiger partial charge is 0.350 e. The Morgan fingerprint density at radius 2 is 1.59 bits per heavy atom. The van der Waals surface area contributed by atoms with E-state index in [1.165, 1.54) is 29.2 Å². The summed E-state index contributed by atoms with van der Waals surface area (Å²) in [5.74, 6) is -0.915. The first kappa shape index (κ1) is 32.7. The molecule has 0 spiro atoms. The van der Waals surface area contributed by atoms with Crippen molar-refractivity contribution in [2.75, 3.05) is 10.8 Å². The van der Waals surface area contributed by atoms with Gasteiger partial charge in [-0.2, -0.15) is 0 Å². The molecule has 0 bridgehead atoms. The number of benzene rings is 3. The third-order valence-electron chi connectivity index (χ3n) is 6.19. The second-order valence-electron chi connectivity index (χ2n) is 10.7. The van der Waals surface area contributed by atoms with Crippen molar-refractivity contribution in [3.63, 3.8) is 0 Å². The number of halogens is 3. The van der Waals surface area contributed by atoms with Gasteiger partial charge >= 0.3 is 0 Å². The SMILES string of the molecule is CCC(C(=O)NC(C)(C)C)N(Cc1ccc(Cl)c(Cl)c1)C(=O)CN(c1cccc(C)c1)S(=O)(=O)c1ccc(Cl)cc1. The highest BCUT2D eigenvalue weighted by Gasteiger charge is 2.34. The fourth-order valence-electron chi connectivity index (χ4n) is 4.25. The zero-order chi connectivity index (χ0) is 30.5. The first-order chi connectivity index (χ1) is 19.1. The number of hydrogen-bond acceptors (Lipinski definition) is 4. The number of nitrogens with zero attached hydrogens (tertiary/aromatic N) is 2. The average molecular weight is 639 g/mol. The lowest BCUT2D eigenvalue weighted by molar-refractivity contribution is -0.141. The van der Waals surface area contributed by atoms with E-state index in [0.717, 1.165) is 9.87 Å². The Kier molecular flexibility index (Phi) is 10.7. The van der Waals surface area contributed by atoms with Crippen LogP contribution in [0, 0.1) is 6.92 Å². The summed E-state index contributed by atoms with van der Waals surface area (Å²) in [6.45, 7) is 8.63. The predicted molar refractivity (Wildman–Crippen MR) is 166 cm³/mol. The number of rotatable bonds is 10. The van der Waals surface area contributed by atoms with Crippen molar-refractivity contribution < 1.29 is 18.0 Å². The Labute approximate surface area is 257 Å². The van der Waals surface area contributed by atoms with E-state index >= 15 is 0 Å². The van der Waals surface area contributed by atoms with Gasteiger partial charge in [-0.15, -0.1) is 0 Å². The van der Waals surface area contributed by atoms with Crippen LogP contribution in [0.1, 0.15) is 45.2 Å². The maximum atomic E-state index is 14.1. The van der Waals surface area contributed by atoms with Crippen molar-refractivity contribution in [1.82, 2.24) is 10.2 Å². The van der Waals surface area contributed by atoms with Gasteiger partial charge in [0.2, 0.25) is 11.8 Å². The fourth-order valence-corrected chi connectivity index (χ4v) is 6.11. The Bertz CT molecular complexity index is 1510. The van der Waals surface area contributed by atoms with E-state index in [1.807, 2.05) is 33.8 Å². The van der Waals surface area contributed by atoms with E-state index in [-0.39, 0.29) is 17.3 Å². The van der Waals surface area contributed by atoms with Crippen molar-refractivity contribution in [3.8, 4) is 0 Å². The molecule has 3 aromatic rings. The minimum Gasteiger partial charge on any atom is -0.350 e. The Morgan fingerprint density at radius 1 is 0.927 bits per heavy atom. The topological polar surface area (TPSA) is 86.8 Å². The quantitative estimate of drug-likeness (QED) is 0.263. The van der Waals surface area contributed by atoms with Crippen molar-refractivity contribution >= 4 is 62.3 Å². The number of hydrogen-bond donors (Lipinski definition) is 1. The van der Waals surface area contributed by atoms with Crippen molar-refractivity contribution in [2.24, 2.45) is 0 Å². The lowest BCUT2D eigenvalue weighted by Gasteiger charge is -2.35. The lowest BCUT2D eigenvalue weighted by Crippen LogP contribution is -2.55. The summed E-state index contributed by atoms with van der Waals surface area (Å²) in [5.41, 5.74) is 1.22. The van der Waals surface area contributed by atoms with Crippen LogP contribution in [-0.2, 0) is 26.2 Å². The van der Waals surface area contributed by atoms with Gasteiger partial charge < -0.3 is 10.2 Å². The van der Waals surface area contributed by atoms with Gasteiger partial charge in [-0.3, -0.25) is 13.9 Å². The highest BCUT2D eigenvalue weighted by molar-refractivity contribution is 7.92. The van der Waals surface area contributed by atoms with Crippen molar-refractivity contribution in [2.45, 2.75) is 64.1 Å². The molecule has 0 aliphatic rings. The van der Waals surface area contributed by atoms with Crippen LogP contribution in [-0.4, -0.2) is 43.3 Å². The zero-order valence-electron chi connectivity index (χ0n) is 23.6. The Balaban J connectivity index is 2.09. The number of carbonyl (C=O) groups is 2. The molecule has 0 saturated heterocycles. The molecule has 0 heterocycles. The molecule has 11 heteroatoms. The fraction of sp³-hybridized carbons (Fsp3) is 0.333. The molecule has 3 rings (SSSR count). The molecule has 0 radical (unpaired) electrons. The van der Waals surface area contributed by atoms with E-state index in [0.29, 0.717) is 32.7 Å². The van der Waals surface area contributed by atoms with Crippen molar-refractivity contribution in [3.05, 3.63) is 92.9 Å². The normalized spacial score (nSPS) is 12.5. The van der Waals surface area contributed by atoms with Crippen LogP contribution in [0.25, 0.3) is 0 Å². The molecule has 1 atom stereocenters. The smallest absolute Gasteiger partial charge is 0.264 e. The standard InChI is InChI=1S/C30H34Cl3N3O4S/c1-6-27(29(38)34-30(3,4)5)35(18-21-10-15-25(32)26(33)17-21)28(37)19-36(23-9-7-8-20(2)16-23)41(39,40)24-13-11-22(31)12-14-24/h7-17,27H,6,18-19H2,1-5H3,(H,34,38). The van der Waals surface area contributed by atoms with Crippen LogP contribution in [0.3, 0.4) is 0 Å². The second kappa shape index (κ2) is 13.5. The molecule has 7 nitrogen and oxygen atoms in total. The first-order valence-electron chi connectivity index (χ1n) is 13.0. The van der Waals surface area contributed by atoms with Crippen LogP contribution in [0.15, 0.2) is 71.6 Å². The van der Waals surface area contributed by atoms with Gasteiger partial charge in [0.25, 0.3) is 10.0 Å². The molecular formula is C30H34Cl3N3O4S. The molecule has 41 heavy (non-hydrogen) atoms. The average Bonchev–Trinajstić information content (AvgIpc) is 2.88. The molecule has 2 amide bonds. The van der Waals surface area contributed by atoms with Crippen LogP contribution in [0.4, 0.5) is 5.69 Å². The molecule has 0 aromatic heterocycles. The van der Waals surface area contributed by atoms with Gasteiger partial charge in [0.05, 0.1) is 20.6 Å². The van der Waals surface area contributed by atoms with E-state index < -0.39 is 34.1 Å². The maximum absolute atomic E-state index is 14.1. The second-order valence-corrected chi connectivity index (χ2v) is 13.9. The van der Waals surface area contributed by atoms with Crippen LogP contribution < -0.4 is 9.62 Å². The first-order valence-corrected chi connectivity index (χ1v) is 15.6. The van der Waals surface area contributed by atoms with E-state index in [4.69, 9.17) is 34.8 Å². The highest BCUT2D eigenvalue weighted by Crippen LogP contribution is 2.28. The molecule has 1 unspecified atom stereocenters. The molecule has 3 aromatic carbocycles. The number of anilines is 1. The minimum atomic E-state index is -4.19. The van der Waals surface area contributed by atoms with Gasteiger partial charge in [-0.1, -0.05) is 59.9 Å². The highest BCUT2D eigenvalue weighted by atomic mass is 35.5. The molecule has 0 aliphatic heterocycles. The zero-order valence-corrected chi connectivity index (χ0v) is 26.7. The Hall–Kier alpha value is -2.78. The third kappa shape index (κ3) is 8.61. The van der Waals surface area contributed by atoms with E-state index in [2.05, 4.69) is 5.32 Å². The predicted octanol–water partition coefficient (Wildman–Crippen LogP) is 6.87. The van der Waals surface area contributed by atoms with Crippen molar-refractivity contribution in [1.29, 1.82) is 0 Å². The van der Waals surface area contributed by atoms with Gasteiger partial charge in [-0.25, -0.2) is 8.42 Å². The summed E-state index contributed by atoms with van der Waals surface area (Å²) >= 11 is 18.4. The number of sulfonamides is 1. The molecule has 0 aliphatic carbocycles. The Morgan fingerprint density at radius 3 is 2.15 bits per heavy atom. The number of amides is 2. The molecule has 0 fully saturated rings. The summed E-state index contributed by atoms with van der Waals surface area (Å²) in [5, 5.41) is 3.98. The summed E-state index contributed by atoms with van der Waals surface area (Å²) in [6.07, 6.45) is 0.295. The lowest BCUT2D eigenvalue weighted by atomic mass is 10.1. The van der Waals surface area contributed by atoms with E-state index in [1.54, 1.807) is 43.3 Å².